The van der Waals surface area contributed by atoms with Gasteiger partial charge in [0, 0.05) is 23.4 Å². The van der Waals surface area contributed by atoms with Gasteiger partial charge in [0.1, 0.15) is 4.84 Å². The van der Waals surface area contributed by atoms with Gasteiger partial charge < -0.3 is 5.32 Å². The molecule has 0 aliphatic carbocycles. The van der Waals surface area contributed by atoms with Crippen molar-refractivity contribution >= 4 is 45.0 Å². The lowest BCUT2D eigenvalue weighted by atomic mass is 10.3. The Balaban J connectivity index is 2.61. The standard InChI is InChI=1S/C8H7BrCl2N2O/c9-6-1-5(2-12-3-6)8(14)13-4-7(10)11/h1-3,7H,4H2,(H,13,14). The number of nitrogens with one attached hydrogen (secondary N) is 1. The number of amides is 1. The quantitative estimate of drug-likeness (QED) is 0.871. The summed E-state index contributed by atoms with van der Waals surface area (Å²) in [5.74, 6) is -0.245. The molecule has 0 aromatic carbocycles. The molecule has 0 aliphatic rings. The highest BCUT2D eigenvalue weighted by molar-refractivity contribution is 9.10. The maximum absolute atomic E-state index is 11.4. The first kappa shape index (κ1) is 11.8. The molecular weight excluding hydrogens is 291 g/mol. The van der Waals surface area contributed by atoms with Gasteiger partial charge in [0.25, 0.3) is 5.91 Å². The van der Waals surface area contributed by atoms with Gasteiger partial charge in [0.05, 0.1) is 5.56 Å². The number of rotatable bonds is 3. The summed E-state index contributed by atoms with van der Waals surface area (Å²) < 4.78 is 0.749. The molecule has 76 valence electrons. The number of hydrogen-bond acceptors (Lipinski definition) is 2. The third-order valence-corrected chi connectivity index (χ3v) is 2.13. The van der Waals surface area contributed by atoms with E-state index in [2.05, 4.69) is 26.2 Å². The summed E-state index contributed by atoms with van der Waals surface area (Å²) in [5, 5.41) is 2.56. The molecule has 0 unspecified atom stereocenters. The second kappa shape index (κ2) is 5.53. The minimum atomic E-state index is -0.598. The van der Waals surface area contributed by atoms with Crippen LogP contribution in [0.1, 0.15) is 10.4 Å². The van der Waals surface area contributed by atoms with E-state index in [1.165, 1.54) is 6.20 Å². The molecule has 3 nitrogen and oxygen atoms in total. The molecule has 0 bridgehead atoms. The van der Waals surface area contributed by atoms with Crippen molar-refractivity contribution in [1.82, 2.24) is 10.3 Å². The van der Waals surface area contributed by atoms with Gasteiger partial charge in [-0.25, -0.2) is 0 Å². The lowest BCUT2D eigenvalue weighted by Crippen LogP contribution is -2.27. The Kier molecular flexibility index (Phi) is 4.65. The fourth-order valence-corrected chi connectivity index (χ4v) is 1.33. The monoisotopic (exact) mass is 296 g/mol. The van der Waals surface area contributed by atoms with E-state index < -0.39 is 4.84 Å². The Bertz CT molecular complexity index is 333. The largest absolute Gasteiger partial charge is 0.349 e. The molecule has 0 radical (unpaired) electrons. The second-order valence-corrected chi connectivity index (χ2v) is 4.69. The van der Waals surface area contributed by atoms with Crippen molar-refractivity contribution in [2.75, 3.05) is 6.54 Å². The molecular formula is C8H7BrCl2N2O. The smallest absolute Gasteiger partial charge is 0.252 e. The maximum atomic E-state index is 11.4. The molecule has 0 spiro atoms. The third kappa shape index (κ3) is 3.82. The molecule has 1 amide bonds. The molecule has 1 heterocycles. The van der Waals surface area contributed by atoms with Gasteiger partial charge in [-0.15, -0.1) is 23.2 Å². The molecule has 1 N–H and O–H groups in total. The highest BCUT2D eigenvalue weighted by Gasteiger charge is 2.07. The fraction of sp³-hybridized carbons (Fsp3) is 0.250. The lowest BCUT2D eigenvalue weighted by Gasteiger charge is -2.04. The van der Waals surface area contributed by atoms with Crippen molar-refractivity contribution in [3.63, 3.8) is 0 Å². The summed E-state index contributed by atoms with van der Waals surface area (Å²) in [5.41, 5.74) is 0.466. The van der Waals surface area contributed by atoms with Gasteiger partial charge in [0.2, 0.25) is 0 Å². The van der Waals surface area contributed by atoms with Crippen molar-refractivity contribution in [3.8, 4) is 0 Å². The number of pyridine rings is 1. The lowest BCUT2D eigenvalue weighted by molar-refractivity contribution is 0.0955. The van der Waals surface area contributed by atoms with Crippen molar-refractivity contribution in [2.24, 2.45) is 0 Å². The van der Waals surface area contributed by atoms with E-state index in [-0.39, 0.29) is 12.5 Å². The van der Waals surface area contributed by atoms with Crippen LogP contribution >= 0.6 is 39.1 Å². The van der Waals surface area contributed by atoms with E-state index >= 15 is 0 Å². The summed E-state index contributed by atoms with van der Waals surface area (Å²) in [6.45, 7) is 0.217. The molecule has 1 aromatic heterocycles. The number of alkyl halides is 2. The van der Waals surface area contributed by atoms with Crippen LogP contribution in [0.5, 0.6) is 0 Å². The van der Waals surface area contributed by atoms with Gasteiger partial charge in [-0.3, -0.25) is 9.78 Å². The maximum Gasteiger partial charge on any atom is 0.252 e. The fourth-order valence-electron chi connectivity index (χ4n) is 0.808. The second-order valence-electron chi connectivity index (χ2n) is 2.49. The van der Waals surface area contributed by atoms with Crippen LogP contribution in [0.3, 0.4) is 0 Å². The Morgan fingerprint density at radius 3 is 2.86 bits per heavy atom. The molecule has 6 heteroatoms. The zero-order valence-electron chi connectivity index (χ0n) is 7.01. The van der Waals surface area contributed by atoms with Crippen molar-refractivity contribution < 1.29 is 4.79 Å². The predicted molar refractivity (Wildman–Crippen MR) is 59.8 cm³/mol. The first-order valence-electron chi connectivity index (χ1n) is 3.76. The van der Waals surface area contributed by atoms with Crippen LogP contribution < -0.4 is 5.32 Å². The highest BCUT2D eigenvalue weighted by Crippen LogP contribution is 2.09. The number of nitrogens with zero attached hydrogens (tertiary/aromatic N) is 1. The number of hydrogen-bond donors (Lipinski definition) is 1. The van der Waals surface area contributed by atoms with E-state index in [1.54, 1.807) is 12.3 Å². The highest BCUT2D eigenvalue weighted by atomic mass is 79.9. The van der Waals surface area contributed by atoms with E-state index in [0.29, 0.717) is 5.56 Å². The van der Waals surface area contributed by atoms with Gasteiger partial charge in [0.15, 0.2) is 0 Å². The van der Waals surface area contributed by atoms with Crippen molar-refractivity contribution in [2.45, 2.75) is 4.84 Å². The van der Waals surface area contributed by atoms with Crippen LogP contribution in [-0.4, -0.2) is 22.3 Å². The molecule has 1 rings (SSSR count). The van der Waals surface area contributed by atoms with Crippen LogP contribution in [0.15, 0.2) is 22.9 Å². The van der Waals surface area contributed by atoms with Gasteiger partial charge in [-0.1, -0.05) is 0 Å². The van der Waals surface area contributed by atoms with Crippen molar-refractivity contribution in [1.29, 1.82) is 0 Å². The van der Waals surface area contributed by atoms with Gasteiger partial charge in [-0.05, 0) is 22.0 Å². The predicted octanol–water partition coefficient (Wildman–Crippen LogP) is 2.38. The minimum absolute atomic E-state index is 0.217. The summed E-state index contributed by atoms with van der Waals surface area (Å²) in [6.07, 6.45) is 3.07. The number of carbonyl (C=O) groups is 1. The molecule has 14 heavy (non-hydrogen) atoms. The molecule has 0 saturated heterocycles. The summed E-state index contributed by atoms with van der Waals surface area (Å²) in [6, 6.07) is 1.67. The van der Waals surface area contributed by atoms with Gasteiger partial charge in [-0.2, -0.15) is 0 Å². The van der Waals surface area contributed by atoms with Gasteiger partial charge >= 0.3 is 0 Å². The summed E-state index contributed by atoms with van der Waals surface area (Å²) in [4.78, 5) is 14.7. The Morgan fingerprint density at radius 1 is 1.57 bits per heavy atom. The summed E-state index contributed by atoms with van der Waals surface area (Å²) in [7, 11) is 0. The van der Waals surface area contributed by atoms with Crippen LogP contribution in [0.2, 0.25) is 0 Å². The van der Waals surface area contributed by atoms with Crippen LogP contribution in [0, 0.1) is 0 Å². The summed E-state index contributed by atoms with van der Waals surface area (Å²) >= 11 is 14.1. The average Bonchev–Trinajstić information content (AvgIpc) is 2.14. The van der Waals surface area contributed by atoms with E-state index in [1.807, 2.05) is 0 Å². The van der Waals surface area contributed by atoms with Crippen LogP contribution in [-0.2, 0) is 0 Å². The molecule has 0 atom stereocenters. The zero-order chi connectivity index (χ0) is 10.6. The Hall–Kier alpha value is -0.320. The zero-order valence-corrected chi connectivity index (χ0v) is 10.1. The van der Waals surface area contributed by atoms with Crippen LogP contribution in [0.4, 0.5) is 0 Å². The number of carbonyl (C=O) groups excluding carboxylic acids is 1. The normalized spacial score (nSPS) is 10.3. The first-order chi connectivity index (χ1) is 6.59. The Morgan fingerprint density at radius 2 is 2.29 bits per heavy atom. The number of halogens is 3. The molecule has 0 saturated carbocycles. The van der Waals surface area contributed by atoms with E-state index in [4.69, 9.17) is 23.2 Å². The first-order valence-corrected chi connectivity index (χ1v) is 5.43. The van der Waals surface area contributed by atoms with E-state index in [9.17, 15) is 4.79 Å². The Labute approximate surface area is 99.9 Å². The average molecular weight is 298 g/mol. The van der Waals surface area contributed by atoms with E-state index in [0.717, 1.165) is 4.47 Å². The number of aromatic nitrogens is 1. The minimum Gasteiger partial charge on any atom is -0.349 e. The SMILES string of the molecule is O=C(NCC(Cl)Cl)c1cncc(Br)c1. The van der Waals surface area contributed by atoms with Crippen molar-refractivity contribution in [3.05, 3.63) is 28.5 Å². The third-order valence-electron chi connectivity index (χ3n) is 1.38. The van der Waals surface area contributed by atoms with Crippen LogP contribution in [0.25, 0.3) is 0 Å². The topological polar surface area (TPSA) is 42.0 Å². The molecule has 1 aromatic rings. The molecule has 0 fully saturated rings. The molecule has 0 aliphatic heterocycles.